The van der Waals surface area contributed by atoms with Crippen molar-refractivity contribution in [3.63, 3.8) is 0 Å². The number of hydrogen-bond acceptors (Lipinski definition) is 4. The molecule has 2 amide bonds. The van der Waals surface area contributed by atoms with E-state index in [4.69, 9.17) is 11.6 Å². The Balaban J connectivity index is 2.30. The molecule has 0 fully saturated rings. The van der Waals surface area contributed by atoms with Crippen LogP contribution < -0.4 is 10.7 Å². The second kappa shape index (κ2) is 5.97. The second-order valence-electron chi connectivity index (χ2n) is 2.61. The number of aromatic nitrogens is 3. The molecule has 0 unspecified atom stereocenters. The van der Waals surface area contributed by atoms with Gasteiger partial charge in [0, 0.05) is 12.4 Å². The minimum Gasteiger partial charge on any atom is -0.348 e. The Morgan fingerprint density at radius 3 is 2.53 bits per heavy atom. The molecule has 1 aromatic rings. The average molecular weight is 232 g/mol. The van der Waals surface area contributed by atoms with E-state index in [0.29, 0.717) is 18.8 Å². The molecule has 0 bridgehead atoms. The molecular weight excluding hydrogens is 222 g/mol. The van der Waals surface area contributed by atoms with Crippen LogP contribution in [0.25, 0.3) is 0 Å². The van der Waals surface area contributed by atoms with Crippen molar-refractivity contribution < 1.29 is 9.59 Å². The van der Waals surface area contributed by atoms with E-state index >= 15 is 0 Å². The number of carbonyl (C=O) groups is 2. The SMILES string of the molecule is O=C(NCCCCl)C(=O)Nn1cnnc1. The number of nitrogens with zero attached hydrogens (tertiary/aromatic N) is 3. The fourth-order valence-electron chi connectivity index (χ4n) is 0.775. The molecule has 0 atom stereocenters. The number of amides is 2. The van der Waals surface area contributed by atoms with Crippen molar-refractivity contribution in [1.29, 1.82) is 0 Å². The summed E-state index contributed by atoms with van der Waals surface area (Å²) in [5, 5.41) is 9.32. The third kappa shape index (κ3) is 3.94. The summed E-state index contributed by atoms with van der Waals surface area (Å²) in [6.45, 7) is 0.373. The van der Waals surface area contributed by atoms with Crippen molar-refractivity contribution in [2.24, 2.45) is 0 Å². The molecule has 0 aliphatic heterocycles. The Morgan fingerprint density at radius 2 is 1.93 bits per heavy atom. The van der Waals surface area contributed by atoms with Crippen LogP contribution in [0.3, 0.4) is 0 Å². The van der Waals surface area contributed by atoms with Gasteiger partial charge in [-0.15, -0.1) is 21.8 Å². The molecule has 0 saturated carbocycles. The first-order valence-corrected chi connectivity index (χ1v) is 4.77. The maximum Gasteiger partial charge on any atom is 0.328 e. The molecule has 0 aliphatic rings. The molecule has 8 heteroatoms. The van der Waals surface area contributed by atoms with Crippen LogP contribution in [0.5, 0.6) is 0 Å². The van der Waals surface area contributed by atoms with Gasteiger partial charge in [-0.1, -0.05) is 0 Å². The van der Waals surface area contributed by atoms with E-state index in [1.165, 1.54) is 17.3 Å². The summed E-state index contributed by atoms with van der Waals surface area (Å²) >= 11 is 5.41. The Labute approximate surface area is 90.8 Å². The Morgan fingerprint density at radius 1 is 1.27 bits per heavy atom. The highest BCUT2D eigenvalue weighted by Gasteiger charge is 2.12. The van der Waals surface area contributed by atoms with Crippen LogP contribution >= 0.6 is 11.6 Å². The van der Waals surface area contributed by atoms with Gasteiger partial charge in [0.25, 0.3) is 0 Å². The first kappa shape index (κ1) is 11.4. The van der Waals surface area contributed by atoms with Crippen molar-refractivity contribution in [2.75, 3.05) is 17.9 Å². The molecule has 0 aromatic carbocycles. The molecule has 2 N–H and O–H groups in total. The molecule has 0 radical (unpaired) electrons. The Bertz CT molecular complexity index is 326. The normalized spacial score (nSPS) is 9.67. The van der Waals surface area contributed by atoms with Crippen LogP contribution in [0.15, 0.2) is 12.7 Å². The van der Waals surface area contributed by atoms with Crippen molar-refractivity contribution in [2.45, 2.75) is 6.42 Å². The first-order chi connectivity index (χ1) is 7.24. The highest BCUT2D eigenvalue weighted by molar-refractivity contribution is 6.38. The van der Waals surface area contributed by atoms with Crippen molar-refractivity contribution in [1.82, 2.24) is 20.2 Å². The fraction of sp³-hybridized carbons (Fsp3) is 0.429. The Kier molecular flexibility index (Phi) is 4.55. The number of rotatable bonds is 4. The van der Waals surface area contributed by atoms with E-state index in [1.807, 2.05) is 0 Å². The summed E-state index contributed by atoms with van der Waals surface area (Å²) in [5.41, 5.74) is 2.26. The van der Waals surface area contributed by atoms with Crippen molar-refractivity contribution >= 4 is 23.4 Å². The molecule has 1 aromatic heterocycles. The molecule has 0 saturated heterocycles. The maximum atomic E-state index is 11.2. The molecule has 82 valence electrons. The minimum atomic E-state index is -0.774. The number of alkyl halides is 1. The zero-order valence-corrected chi connectivity index (χ0v) is 8.57. The molecular formula is C7H10ClN5O2. The summed E-state index contributed by atoms with van der Waals surface area (Å²) in [6, 6.07) is 0. The lowest BCUT2D eigenvalue weighted by molar-refractivity contribution is -0.136. The maximum absolute atomic E-state index is 11.2. The van der Waals surface area contributed by atoms with E-state index in [1.54, 1.807) is 0 Å². The standard InChI is InChI=1S/C7H10ClN5O2/c8-2-1-3-9-6(14)7(15)12-13-4-10-11-5-13/h4-5H,1-3H2,(H,9,14)(H,12,15). The third-order valence-corrected chi connectivity index (χ3v) is 1.72. The van der Waals surface area contributed by atoms with Crippen LogP contribution in [0.2, 0.25) is 0 Å². The number of hydrogen-bond donors (Lipinski definition) is 2. The zero-order valence-electron chi connectivity index (χ0n) is 7.81. The molecule has 7 nitrogen and oxygen atoms in total. The van der Waals surface area contributed by atoms with E-state index in [2.05, 4.69) is 20.9 Å². The van der Waals surface area contributed by atoms with Gasteiger partial charge in [-0.2, -0.15) is 0 Å². The van der Waals surface area contributed by atoms with Crippen molar-refractivity contribution in [3.8, 4) is 0 Å². The summed E-state index contributed by atoms with van der Waals surface area (Å²) < 4.78 is 1.18. The quantitative estimate of drug-likeness (QED) is 0.399. The van der Waals surface area contributed by atoms with Gasteiger partial charge in [-0.05, 0) is 6.42 Å². The predicted molar refractivity (Wildman–Crippen MR) is 52.7 cm³/mol. The van der Waals surface area contributed by atoms with E-state index < -0.39 is 11.8 Å². The van der Waals surface area contributed by atoms with Gasteiger partial charge in [0.1, 0.15) is 12.7 Å². The van der Waals surface area contributed by atoms with E-state index in [9.17, 15) is 9.59 Å². The van der Waals surface area contributed by atoms with Crippen LogP contribution in [0.4, 0.5) is 0 Å². The lowest BCUT2D eigenvalue weighted by atomic mass is 10.4. The fourth-order valence-corrected chi connectivity index (χ4v) is 0.909. The van der Waals surface area contributed by atoms with Crippen molar-refractivity contribution in [3.05, 3.63) is 12.7 Å². The van der Waals surface area contributed by atoms with Gasteiger partial charge in [0.05, 0.1) is 0 Å². The van der Waals surface area contributed by atoms with Gasteiger partial charge in [-0.25, -0.2) is 4.68 Å². The van der Waals surface area contributed by atoms with Crippen LogP contribution in [0.1, 0.15) is 6.42 Å². The largest absolute Gasteiger partial charge is 0.348 e. The minimum absolute atomic E-state index is 0.373. The summed E-state index contributed by atoms with van der Waals surface area (Å²) in [6.07, 6.45) is 3.15. The highest BCUT2D eigenvalue weighted by atomic mass is 35.5. The third-order valence-electron chi connectivity index (χ3n) is 1.45. The number of nitrogens with one attached hydrogen (secondary N) is 2. The first-order valence-electron chi connectivity index (χ1n) is 4.24. The van der Waals surface area contributed by atoms with Gasteiger partial charge >= 0.3 is 11.8 Å². The van der Waals surface area contributed by atoms with Crippen LogP contribution in [-0.4, -0.2) is 39.1 Å². The highest BCUT2D eigenvalue weighted by Crippen LogP contribution is 1.82. The van der Waals surface area contributed by atoms with E-state index in [0.717, 1.165) is 0 Å². The summed E-state index contributed by atoms with van der Waals surface area (Å²) in [4.78, 5) is 22.3. The second-order valence-corrected chi connectivity index (χ2v) is 2.99. The lowest BCUT2D eigenvalue weighted by Crippen LogP contribution is -2.38. The molecule has 0 aliphatic carbocycles. The predicted octanol–water partition coefficient (Wildman–Crippen LogP) is -0.907. The smallest absolute Gasteiger partial charge is 0.328 e. The monoisotopic (exact) mass is 231 g/mol. The summed E-state index contributed by atoms with van der Waals surface area (Å²) in [5.74, 6) is -1.05. The van der Waals surface area contributed by atoms with Crippen LogP contribution in [0, 0.1) is 0 Å². The average Bonchev–Trinajstić information content (AvgIpc) is 2.70. The lowest BCUT2D eigenvalue weighted by Gasteiger charge is -2.04. The van der Waals surface area contributed by atoms with E-state index in [-0.39, 0.29) is 0 Å². The van der Waals surface area contributed by atoms with Gasteiger partial charge < -0.3 is 5.32 Å². The van der Waals surface area contributed by atoms with Gasteiger partial charge in [-0.3, -0.25) is 15.0 Å². The number of halogens is 1. The molecule has 0 spiro atoms. The molecule has 1 heterocycles. The topological polar surface area (TPSA) is 88.9 Å². The number of carbonyl (C=O) groups excluding carboxylic acids is 2. The van der Waals surface area contributed by atoms with Gasteiger partial charge in [0.2, 0.25) is 0 Å². The zero-order chi connectivity index (χ0) is 11.1. The molecule has 15 heavy (non-hydrogen) atoms. The molecule has 1 rings (SSSR count). The van der Waals surface area contributed by atoms with Gasteiger partial charge in [0.15, 0.2) is 0 Å². The Hall–Kier alpha value is -1.63. The summed E-state index contributed by atoms with van der Waals surface area (Å²) in [7, 11) is 0. The van der Waals surface area contributed by atoms with Crippen LogP contribution in [-0.2, 0) is 9.59 Å².